The van der Waals surface area contributed by atoms with E-state index in [4.69, 9.17) is 15.2 Å². The zero-order chi connectivity index (χ0) is 19.8. The molecule has 0 bridgehead atoms. The summed E-state index contributed by atoms with van der Waals surface area (Å²) in [7, 11) is 1.60. The molecule has 29 heavy (non-hydrogen) atoms. The molecule has 1 saturated heterocycles. The quantitative estimate of drug-likeness (QED) is 0.545. The highest BCUT2D eigenvalue weighted by Crippen LogP contribution is 2.30. The van der Waals surface area contributed by atoms with Crippen LogP contribution in [-0.4, -0.2) is 55.1 Å². The monoisotopic (exact) mass is 392 g/mol. The van der Waals surface area contributed by atoms with Crippen molar-refractivity contribution in [3.8, 4) is 17.1 Å². The fraction of sp³-hybridized carbons (Fsp3) is 0.316. The van der Waals surface area contributed by atoms with Gasteiger partial charge in [-0.2, -0.15) is 5.10 Å². The molecule has 1 aliphatic rings. The summed E-state index contributed by atoms with van der Waals surface area (Å²) < 4.78 is 14.5. The van der Waals surface area contributed by atoms with Gasteiger partial charge in [-0.15, -0.1) is 5.10 Å². The molecule has 2 N–H and O–H groups in total. The average molecular weight is 392 g/mol. The minimum atomic E-state index is 0.157. The highest BCUT2D eigenvalue weighted by atomic mass is 16.5. The van der Waals surface area contributed by atoms with Gasteiger partial charge >= 0.3 is 0 Å². The summed E-state index contributed by atoms with van der Waals surface area (Å²) >= 11 is 0. The number of hydrogen-bond donors (Lipinski definition) is 1. The van der Waals surface area contributed by atoms with Gasteiger partial charge in [-0.05, 0) is 18.6 Å². The molecule has 4 aromatic rings. The van der Waals surface area contributed by atoms with E-state index in [0.29, 0.717) is 41.8 Å². The van der Waals surface area contributed by atoms with Crippen LogP contribution in [-0.2, 0) is 11.3 Å². The van der Waals surface area contributed by atoms with Crippen molar-refractivity contribution in [1.29, 1.82) is 0 Å². The minimum Gasteiger partial charge on any atom is -0.494 e. The molecule has 3 aromatic heterocycles. The van der Waals surface area contributed by atoms with E-state index in [9.17, 15) is 0 Å². The van der Waals surface area contributed by atoms with Gasteiger partial charge in [0.2, 0.25) is 5.95 Å². The Morgan fingerprint density at radius 1 is 1.28 bits per heavy atom. The van der Waals surface area contributed by atoms with Gasteiger partial charge < -0.3 is 15.2 Å². The largest absolute Gasteiger partial charge is 0.494 e. The number of ether oxygens (including phenoxy) is 2. The van der Waals surface area contributed by atoms with Crippen LogP contribution in [0.3, 0.4) is 0 Å². The van der Waals surface area contributed by atoms with Crippen molar-refractivity contribution in [3.05, 3.63) is 42.4 Å². The summed E-state index contributed by atoms with van der Waals surface area (Å²) in [5.41, 5.74) is 8.70. The van der Waals surface area contributed by atoms with E-state index in [1.54, 1.807) is 11.8 Å². The Balaban J connectivity index is 1.44. The van der Waals surface area contributed by atoms with Crippen LogP contribution >= 0.6 is 0 Å². The lowest BCUT2D eigenvalue weighted by Gasteiger charge is -2.07. The second kappa shape index (κ2) is 7.13. The van der Waals surface area contributed by atoms with Crippen LogP contribution in [0.15, 0.2) is 36.7 Å². The van der Waals surface area contributed by atoms with Gasteiger partial charge in [-0.25, -0.2) is 14.6 Å². The third-order valence-corrected chi connectivity index (χ3v) is 4.98. The van der Waals surface area contributed by atoms with Crippen molar-refractivity contribution < 1.29 is 9.47 Å². The fourth-order valence-corrected chi connectivity index (χ4v) is 3.55. The van der Waals surface area contributed by atoms with Gasteiger partial charge in [0.1, 0.15) is 22.7 Å². The molecule has 148 valence electrons. The lowest BCUT2D eigenvalue weighted by Crippen LogP contribution is -2.10. The predicted octanol–water partition coefficient (Wildman–Crippen LogP) is 1.69. The van der Waals surface area contributed by atoms with Crippen molar-refractivity contribution in [2.75, 3.05) is 26.1 Å². The standard InChI is InChI=1S/C19H20N8O2/c1-28-16-4-2-3-14-17(21-19(20)22-18(14)16)15-10-26(25-23-15)9-12-5-7-27(24-12)13-6-8-29-11-13/h2-5,7,10,13H,6,8-9,11H2,1H3,(H2,20,21,22). The molecule has 0 aliphatic carbocycles. The van der Waals surface area contributed by atoms with Crippen LogP contribution in [0.25, 0.3) is 22.3 Å². The average Bonchev–Trinajstić information content (AvgIpc) is 3.49. The van der Waals surface area contributed by atoms with Crippen LogP contribution < -0.4 is 10.5 Å². The van der Waals surface area contributed by atoms with Crippen LogP contribution in [0.1, 0.15) is 18.2 Å². The number of nitrogens with two attached hydrogens (primary N) is 1. The van der Waals surface area contributed by atoms with Crippen LogP contribution in [0.4, 0.5) is 5.95 Å². The van der Waals surface area contributed by atoms with Crippen molar-refractivity contribution in [1.82, 2.24) is 34.7 Å². The highest BCUT2D eigenvalue weighted by Gasteiger charge is 2.19. The van der Waals surface area contributed by atoms with Crippen LogP contribution in [0.2, 0.25) is 0 Å². The van der Waals surface area contributed by atoms with Crippen molar-refractivity contribution in [2.45, 2.75) is 19.0 Å². The molecule has 10 heteroatoms. The maximum atomic E-state index is 5.92. The number of nitrogens with zero attached hydrogens (tertiary/aromatic N) is 7. The molecule has 0 radical (unpaired) electrons. The van der Waals surface area contributed by atoms with E-state index < -0.39 is 0 Å². The zero-order valence-electron chi connectivity index (χ0n) is 15.9. The van der Waals surface area contributed by atoms with Gasteiger partial charge in [0.25, 0.3) is 0 Å². The molecule has 0 saturated carbocycles. The van der Waals surface area contributed by atoms with Gasteiger partial charge in [0.15, 0.2) is 0 Å². The predicted molar refractivity (Wildman–Crippen MR) is 105 cm³/mol. The third kappa shape index (κ3) is 3.27. The molecule has 10 nitrogen and oxygen atoms in total. The van der Waals surface area contributed by atoms with Crippen molar-refractivity contribution >= 4 is 16.9 Å². The summed E-state index contributed by atoms with van der Waals surface area (Å²) in [6, 6.07) is 7.93. The first-order valence-electron chi connectivity index (χ1n) is 9.34. The SMILES string of the molecule is COc1cccc2c(-c3cn(Cc4ccn(C5CCOC5)n4)nn3)nc(N)nc12. The number of methoxy groups -OCH3 is 1. The van der Waals surface area contributed by atoms with Gasteiger partial charge in [-0.1, -0.05) is 17.3 Å². The first-order chi connectivity index (χ1) is 14.2. The number of fused-ring (bicyclic) bond motifs is 1. The van der Waals surface area contributed by atoms with Crippen LogP contribution in [0, 0.1) is 0 Å². The molecule has 1 unspecified atom stereocenters. The lowest BCUT2D eigenvalue weighted by atomic mass is 10.1. The summed E-state index contributed by atoms with van der Waals surface area (Å²) in [5, 5.41) is 14.0. The normalized spacial score (nSPS) is 16.5. The number of hydrogen-bond acceptors (Lipinski definition) is 8. The Labute approximate surface area is 166 Å². The first kappa shape index (κ1) is 17.6. The summed E-state index contributed by atoms with van der Waals surface area (Å²) in [4.78, 5) is 8.70. The number of aromatic nitrogens is 7. The summed E-state index contributed by atoms with van der Waals surface area (Å²) in [6.07, 6.45) is 4.80. The fourth-order valence-electron chi connectivity index (χ4n) is 3.55. The Bertz CT molecular complexity index is 1160. The molecular weight excluding hydrogens is 372 g/mol. The Hall–Kier alpha value is -3.53. The molecule has 1 aliphatic heterocycles. The number of benzene rings is 1. The minimum absolute atomic E-state index is 0.157. The van der Waals surface area contributed by atoms with E-state index in [0.717, 1.165) is 24.1 Å². The van der Waals surface area contributed by atoms with Crippen molar-refractivity contribution in [3.63, 3.8) is 0 Å². The van der Waals surface area contributed by atoms with E-state index in [2.05, 4.69) is 25.4 Å². The second-order valence-corrected chi connectivity index (χ2v) is 6.89. The second-order valence-electron chi connectivity index (χ2n) is 6.89. The topological polar surface area (TPSA) is 119 Å². The Kier molecular flexibility index (Phi) is 4.32. The van der Waals surface area contributed by atoms with Gasteiger partial charge in [0.05, 0.1) is 38.2 Å². The molecule has 1 atom stereocenters. The van der Waals surface area contributed by atoms with E-state index in [-0.39, 0.29) is 5.95 Å². The molecular formula is C19H20N8O2. The Morgan fingerprint density at radius 2 is 2.21 bits per heavy atom. The van der Waals surface area contributed by atoms with E-state index >= 15 is 0 Å². The summed E-state index contributed by atoms with van der Waals surface area (Å²) in [5.74, 6) is 0.788. The highest BCUT2D eigenvalue weighted by molar-refractivity contribution is 5.95. The maximum absolute atomic E-state index is 5.92. The molecule has 1 fully saturated rings. The smallest absolute Gasteiger partial charge is 0.221 e. The van der Waals surface area contributed by atoms with E-state index in [1.165, 1.54) is 0 Å². The third-order valence-electron chi connectivity index (χ3n) is 4.98. The molecule has 0 amide bonds. The molecule has 5 rings (SSSR count). The summed E-state index contributed by atoms with van der Waals surface area (Å²) in [6.45, 7) is 2.00. The van der Waals surface area contributed by atoms with Gasteiger partial charge in [-0.3, -0.25) is 4.68 Å². The number of rotatable bonds is 5. The first-order valence-corrected chi connectivity index (χ1v) is 9.34. The molecule has 4 heterocycles. The van der Waals surface area contributed by atoms with Crippen LogP contribution in [0.5, 0.6) is 5.75 Å². The Morgan fingerprint density at radius 3 is 3.03 bits per heavy atom. The maximum Gasteiger partial charge on any atom is 0.221 e. The zero-order valence-corrected chi connectivity index (χ0v) is 15.9. The number of anilines is 1. The van der Waals surface area contributed by atoms with E-state index in [1.807, 2.05) is 41.3 Å². The number of nitrogen functional groups attached to an aromatic ring is 1. The lowest BCUT2D eigenvalue weighted by molar-refractivity contribution is 0.184. The number of para-hydroxylation sites is 1. The molecule has 1 aromatic carbocycles. The van der Waals surface area contributed by atoms with Crippen molar-refractivity contribution in [2.24, 2.45) is 0 Å². The molecule has 0 spiro atoms. The van der Waals surface area contributed by atoms with Gasteiger partial charge in [0, 0.05) is 18.2 Å².